The molecule has 0 radical (unpaired) electrons. The zero-order chi connectivity index (χ0) is 15.3. The summed E-state index contributed by atoms with van der Waals surface area (Å²) in [7, 11) is -3.82. The summed E-state index contributed by atoms with van der Waals surface area (Å²) in [6.07, 6.45) is 0.883. The fourth-order valence-corrected chi connectivity index (χ4v) is 3.74. The van der Waals surface area contributed by atoms with Crippen molar-refractivity contribution in [2.24, 2.45) is 0 Å². The van der Waals surface area contributed by atoms with Gasteiger partial charge in [0.05, 0.1) is 11.4 Å². The first-order valence-electron chi connectivity index (χ1n) is 6.26. The van der Waals surface area contributed by atoms with Gasteiger partial charge in [0.2, 0.25) is 10.0 Å². The number of aryl methyl sites for hydroxylation is 1. The summed E-state index contributed by atoms with van der Waals surface area (Å²) in [5.41, 5.74) is 0.851. The molecule has 0 aliphatic heterocycles. The highest BCUT2D eigenvalue weighted by Gasteiger charge is 2.23. The van der Waals surface area contributed by atoms with Crippen LogP contribution in [0.5, 0.6) is 0 Å². The van der Waals surface area contributed by atoms with E-state index < -0.39 is 22.0 Å². The Morgan fingerprint density at radius 3 is 2.60 bits per heavy atom. The predicted octanol–water partition coefficient (Wildman–Crippen LogP) is 2.57. The van der Waals surface area contributed by atoms with Crippen LogP contribution in [-0.2, 0) is 14.8 Å². The van der Waals surface area contributed by atoms with Crippen molar-refractivity contribution in [2.45, 2.75) is 44.0 Å². The van der Waals surface area contributed by atoms with Gasteiger partial charge in [0.1, 0.15) is 4.90 Å². The molecule has 112 valence electrons. The van der Waals surface area contributed by atoms with Gasteiger partial charge in [-0.25, -0.2) is 13.1 Å². The summed E-state index contributed by atoms with van der Waals surface area (Å²) >= 11 is 5.94. The first kappa shape index (κ1) is 16.9. The Labute approximate surface area is 124 Å². The van der Waals surface area contributed by atoms with E-state index >= 15 is 0 Å². The summed E-state index contributed by atoms with van der Waals surface area (Å²) in [6, 6.07) is 3.98. The SMILES string of the molecule is CCCC(CC(=O)O)NS(=O)(=O)c1ccc(C)cc1Cl. The van der Waals surface area contributed by atoms with Crippen molar-refractivity contribution in [3.8, 4) is 0 Å². The number of hydrogen-bond donors (Lipinski definition) is 2. The fourth-order valence-electron chi connectivity index (χ4n) is 1.87. The highest BCUT2D eigenvalue weighted by molar-refractivity contribution is 7.89. The van der Waals surface area contributed by atoms with Crippen LogP contribution in [0, 0.1) is 6.92 Å². The van der Waals surface area contributed by atoms with Crippen LogP contribution in [0.2, 0.25) is 5.02 Å². The highest BCUT2D eigenvalue weighted by atomic mass is 35.5. The third-order valence-corrected chi connectivity index (χ3v) is 4.76. The van der Waals surface area contributed by atoms with Crippen molar-refractivity contribution in [3.63, 3.8) is 0 Å². The third kappa shape index (κ3) is 4.77. The van der Waals surface area contributed by atoms with Gasteiger partial charge in [-0.05, 0) is 31.0 Å². The molecule has 0 fully saturated rings. The highest BCUT2D eigenvalue weighted by Crippen LogP contribution is 2.23. The zero-order valence-corrected chi connectivity index (χ0v) is 13.0. The van der Waals surface area contributed by atoms with Gasteiger partial charge in [-0.2, -0.15) is 0 Å². The van der Waals surface area contributed by atoms with Gasteiger partial charge >= 0.3 is 5.97 Å². The largest absolute Gasteiger partial charge is 0.481 e. The maximum absolute atomic E-state index is 12.2. The smallest absolute Gasteiger partial charge is 0.304 e. The van der Waals surface area contributed by atoms with Crippen molar-refractivity contribution < 1.29 is 18.3 Å². The summed E-state index contributed by atoms with van der Waals surface area (Å²) in [5, 5.41) is 8.94. The second kappa shape index (κ2) is 7.06. The van der Waals surface area contributed by atoms with Gasteiger partial charge in [-0.15, -0.1) is 0 Å². The molecule has 1 unspecified atom stereocenters. The predicted molar refractivity (Wildman–Crippen MR) is 77.5 cm³/mol. The molecule has 20 heavy (non-hydrogen) atoms. The molecule has 0 saturated carbocycles. The van der Waals surface area contributed by atoms with E-state index in [0.29, 0.717) is 12.8 Å². The second-order valence-corrected chi connectivity index (χ2v) is 6.73. The van der Waals surface area contributed by atoms with Crippen molar-refractivity contribution in [1.82, 2.24) is 4.72 Å². The van der Waals surface area contributed by atoms with Gasteiger partial charge in [-0.1, -0.05) is 31.0 Å². The van der Waals surface area contributed by atoms with Gasteiger partial charge in [-0.3, -0.25) is 4.79 Å². The Kier molecular flexibility index (Phi) is 5.98. The molecule has 1 rings (SSSR count). The molecule has 1 aromatic rings. The summed E-state index contributed by atoms with van der Waals surface area (Å²) in [4.78, 5) is 10.7. The number of rotatable bonds is 7. The standard InChI is InChI=1S/C13H18ClNO4S/c1-3-4-10(8-13(16)17)15-20(18,19)12-6-5-9(2)7-11(12)14/h5-7,10,15H,3-4,8H2,1-2H3,(H,16,17). The number of hydrogen-bond acceptors (Lipinski definition) is 3. The minimum absolute atomic E-state index is 0.0312. The van der Waals surface area contributed by atoms with E-state index in [1.165, 1.54) is 6.07 Å². The quantitative estimate of drug-likeness (QED) is 0.809. The maximum Gasteiger partial charge on any atom is 0.304 e. The number of halogens is 1. The number of carboxylic acids is 1. The topological polar surface area (TPSA) is 83.5 Å². The van der Waals surface area contributed by atoms with E-state index in [2.05, 4.69) is 4.72 Å². The van der Waals surface area contributed by atoms with Crippen LogP contribution in [-0.4, -0.2) is 25.5 Å². The van der Waals surface area contributed by atoms with Crippen LogP contribution in [0.25, 0.3) is 0 Å². The minimum Gasteiger partial charge on any atom is -0.481 e. The van der Waals surface area contributed by atoms with Crippen molar-refractivity contribution in [2.75, 3.05) is 0 Å². The van der Waals surface area contributed by atoms with E-state index in [1.54, 1.807) is 19.1 Å². The van der Waals surface area contributed by atoms with Gasteiger partial charge in [0, 0.05) is 6.04 Å². The lowest BCUT2D eigenvalue weighted by molar-refractivity contribution is -0.137. The minimum atomic E-state index is -3.82. The average Bonchev–Trinajstić information content (AvgIpc) is 2.26. The van der Waals surface area contributed by atoms with Crippen LogP contribution in [0.3, 0.4) is 0 Å². The van der Waals surface area contributed by atoms with E-state index in [1.807, 2.05) is 6.92 Å². The van der Waals surface area contributed by atoms with Crippen LogP contribution in [0.1, 0.15) is 31.7 Å². The number of sulfonamides is 1. The van der Waals surface area contributed by atoms with Crippen molar-refractivity contribution >= 4 is 27.6 Å². The molecule has 5 nitrogen and oxygen atoms in total. The molecule has 0 aliphatic rings. The summed E-state index contributed by atoms with van der Waals surface area (Å²) < 4.78 is 26.9. The normalized spacial score (nSPS) is 13.2. The molecule has 0 aliphatic carbocycles. The van der Waals surface area contributed by atoms with E-state index in [4.69, 9.17) is 16.7 Å². The Balaban J connectivity index is 2.99. The average molecular weight is 320 g/mol. The number of nitrogens with one attached hydrogen (secondary N) is 1. The van der Waals surface area contributed by atoms with Gasteiger partial charge in [0.15, 0.2) is 0 Å². The molecule has 1 aromatic carbocycles. The van der Waals surface area contributed by atoms with Gasteiger partial charge < -0.3 is 5.11 Å². The Morgan fingerprint density at radius 1 is 1.45 bits per heavy atom. The van der Waals surface area contributed by atoms with Gasteiger partial charge in [0.25, 0.3) is 0 Å². The van der Waals surface area contributed by atoms with E-state index in [9.17, 15) is 13.2 Å². The molecule has 0 saturated heterocycles. The molecule has 0 spiro atoms. The number of benzene rings is 1. The lowest BCUT2D eigenvalue weighted by Crippen LogP contribution is -2.36. The van der Waals surface area contributed by atoms with Crippen molar-refractivity contribution in [3.05, 3.63) is 28.8 Å². The first-order valence-corrected chi connectivity index (χ1v) is 8.12. The molecule has 0 bridgehead atoms. The van der Waals surface area contributed by atoms with Crippen LogP contribution in [0.4, 0.5) is 0 Å². The van der Waals surface area contributed by atoms with E-state index in [0.717, 1.165) is 5.56 Å². The zero-order valence-electron chi connectivity index (χ0n) is 11.4. The Morgan fingerprint density at radius 2 is 2.10 bits per heavy atom. The van der Waals surface area contributed by atoms with Crippen LogP contribution in [0.15, 0.2) is 23.1 Å². The molecule has 2 N–H and O–H groups in total. The second-order valence-electron chi connectivity index (χ2n) is 4.64. The first-order chi connectivity index (χ1) is 9.26. The monoisotopic (exact) mass is 319 g/mol. The molecule has 0 heterocycles. The molecular formula is C13H18ClNO4S. The van der Waals surface area contributed by atoms with Crippen molar-refractivity contribution in [1.29, 1.82) is 0 Å². The summed E-state index contributed by atoms with van der Waals surface area (Å²) in [5.74, 6) is -1.04. The van der Waals surface area contributed by atoms with E-state index in [-0.39, 0.29) is 16.3 Å². The number of carbonyl (C=O) groups is 1. The Bertz CT molecular complexity index is 586. The third-order valence-electron chi connectivity index (χ3n) is 2.76. The number of aliphatic carboxylic acids is 1. The lowest BCUT2D eigenvalue weighted by atomic mass is 10.1. The molecule has 1 atom stereocenters. The molecule has 0 amide bonds. The molecule has 7 heteroatoms. The maximum atomic E-state index is 12.2. The fraction of sp³-hybridized carbons (Fsp3) is 0.462. The molecular weight excluding hydrogens is 302 g/mol. The molecule has 0 aromatic heterocycles. The Hall–Kier alpha value is -1.11. The van der Waals surface area contributed by atoms with Crippen LogP contribution < -0.4 is 4.72 Å². The lowest BCUT2D eigenvalue weighted by Gasteiger charge is -2.17. The number of carboxylic acid groups (broad SMARTS) is 1. The van der Waals surface area contributed by atoms with Crippen LogP contribution >= 0.6 is 11.6 Å². The summed E-state index contributed by atoms with van der Waals surface area (Å²) in [6.45, 7) is 3.67.